The van der Waals surface area contributed by atoms with E-state index < -0.39 is 0 Å². The summed E-state index contributed by atoms with van der Waals surface area (Å²) in [6, 6.07) is 17.5. The van der Waals surface area contributed by atoms with E-state index in [0.717, 1.165) is 54.1 Å². The first-order valence-corrected chi connectivity index (χ1v) is 14.9. The van der Waals surface area contributed by atoms with Crippen molar-refractivity contribution in [3.05, 3.63) is 95.0 Å². The van der Waals surface area contributed by atoms with E-state index in [1.54, 1.807) is 0 Å². The van der Waals surface area contributed by atoms with Gasteiger partial charge in [-0.15, -0.1) is 13.2 Å². The molecule has 0 heterocycles. The Hall–Kier alpha value is -2.21. The Morgan fingerprint density at radius 3 is 2.54 bits per heavy atom. The first-order chi connectivity index (χ1) is 18.7. The smallest absolute Gasteiger partial charge is 0.338 e. The molecule has 4 rings (SSSR count). The predicted octanol–water partition coefficient (Wildman–Crippen LogP) is 8.91. The van der Waals surface area contributed by atoms with Crippen molar-refractivity contribution in [1.82, 2.24) is 0 Å². The molecule has 210 valence electrons. The molecule has 0 spiro atoms. The van der Waals surface area contributed by atoms with Crippen molar-refractivity contribution >= 4 is 21.9 Å². The van der Waals surface area contributed by atoms with Crippen molar-refractivity contribution in [2.45, 2.75) is 78.1 Å². The normalized spacial score (nSPS) is 28.9. The van der Waals surface area contributed by atoms with Gasteiger partial charge in [0.2, 0.25) is 0 Å². The van der Waals surface area contributed by atoms with Gasteiger partial charge in [-0.05, 0) is 80.7 Å². The van der Waals surface area contributed by atoms with E-state index in [-0.39, 0.29) is 41.7 Å². The predicted molar refractivity (Wildman–Crippen MR) is 160 cm³/mol. The molecule has 0 saturated heterocycles. The Bertz CT molecular complexity index is 1130. The largest absolute Gasteiger partial charge is 0.458 e. The highest BCUT2D eigenvalue weighted by atomic mass is 79.9. The summed E-state index contributed by atoms with van der Waals surface area (Å²) < 4.78 is 19.9. The number of hydrogen-bond acceptors (Lipinski definition) is 4. The van der Waals surface area contributed by atoms with E-state index in [4.69, 9.17) is 14.2 Å². The number of fused-ring (bicyclic) bond motifs is 1. The molecule has 0 unspecified atom stereocenters. The van der Waals surface area contributed by atoms with Crippen molar-refractivity contribution in [2.24, 2.45) is 22.7 Å². The number of benzene rings is 2. The molecular weight excluding hydrogens is 552 g/mol. The maximum absolute atomic E-state index is 13.3. The van der Waals surface area contributed by atoms with Gasteiger partial charge in [0.1, 0.15) is 12.9 Å². The van der Waals surface area contributed by atoms with Gasteiger partial charge < -0.3 is 14.2 Å². The summed E-state index contributed by atoms with van der Waals surface area (Å²) in [5.41, 5.74) is 2.47. The average Bonchev–Trinajstić information content (AvgIpc) is 3.31. The van der Waals surface area contributed by atoms with Crippen molar-refractivity contribution < 1.29 is 19.0 Å². The summed E-state index contributed by atoms with van der Waals surface area (Å²) >= 11 is 3.46. The van der Waals surface area contributed by atoms with Gasteiger partial charge >= 0.3 is 5.97 Å². The molecule has 2 aromatic carbocycles. The first-order valence-electron chi connectivity index (χ1n) is 14.1. The van der Waals surface area contributed by atoms with E-state index in [1.807, 2.05) is 42.5 Å². The second-order valence-electron chi connectivity index (χ2n) is 12.0. The van der Waals surface area contributed by atoms with Crippen LogP contribution in [0.5, 0.6) is 0 Å². The van der Waals surface area contributed by atoms with Crippen LogP contribution in [-0.4, -0.2) is 25.0 Å². The molecule has 2 fully saturated rings. The molecule has 0 aromatic heterocycles. The number of ether oxygens (including phenoxy) is 3. The van der Waals surface area contributed by atoms with Gasteiger partial charge in [0.25, 0.3) is 0 Å². The Kier molecular flexibility index (Phi) is 9.90. The van der Waals surface area contributed by atoms with Crippen molar-refractivity contribution in [3.8, 4) is 0 Å². The van der Waals surface area contributed by atoms with E-state index in [1.165, 1.54) is 0 Å². The van der Waals surface area contributed by atoms with Crippen LogP contribution in [0.2, 0.25) is 0 Å². The van der Waals surface area contributed by atoms with Gasteiger partial charge in [-0.3, -0.25) is 0 Å². The van der Waals surface area contributed by atoms with Crippen LogP contribution in [0.1, 0.15) is 75.2 Å². The number of allylic oxidation sites excluding steroid dienone is 2. The zero-order valence-corrected chi connectivity index (χ0v) is 25.3. The van der Waals surface area contributed by atoms with E-state index in [2.05, 4.69) is 68.1 Å². The molecule has 4 nitrogen and oxygen atoms in total. The quantitative estimate of drug-likeness (QED) is 0.106. The average molecular weight is 596 g/mol. The van der Waals surface area contributed by atoms with Crippen LogP contribution in [0, 0.1) is 22.7 Å². The van der Waals surface area contributed by atoms with Crippen LogP contribution in [0.3, 0.4) is 0 Å². The van der Waals surface area contributed by atoms with Crippen LogP contribution in [-0.2, 0) is 20.8 Å². The van der Waals surface area contributed by atoms with Crippen molar-refractivity contribution in [3.63, 3.8) is 0 Å². The van der Waals surface area contributed by atoms with Gasteiger partial charge in [-0.25, -0.2) is 4.79 Å². The molecule has 2 aromatic rings. The number of halogens is 1. The molecule has 2 saturated carbocycles. The Morgan fingerprint density at radius 1 is 1.15 bits per heavy atom. The highest BCUT2D eigenvalue weighted by molar-refractivity contribution is 9.10. The Labute approximate surface area is 242 Å². The zero-order chi connectivity index (χ0) is 28.0. The van der Waals surface area contributed by atoms with Crippen LogP contribution >= 0.6 is 15.9 Å². The summed E-state index contributed by atoms with van der Waals surface area (Å²) in [5, 5.41) is 0. The molecule has 5 heteroatoms. The van der Waals surface area contributed by atoms with Crippen LogP contribution in [0.25, 0.3) is 0 Å². The highest BCUT2D eigenvalue weighted by Gasteiger charge is 2.60. The minimum Gasteiger partial charge on any atom is -0.458 e. The molecule has 6 atom stereocenters. The van der Waals surface area contributed by atoms with Gasteiger partial charge in [-0.1, -0.05) is 78.2 Å². The summed E-state index contributed by atoms with van der Waals surface area (Å²) in [4.78, 5) is 13.3. The number of hydrogen-bond donors (Lipinski definition) is 0. The molecule has 0 bridgehead atoms. The number of esters is 1. The maximum atomic E-state index is 13.3. The minimum absolute atomic E-state index is 0.0907. The van der Waals surface area contributed by atoms with Gasteiger partial charge in [0, 0.05) is 15.3 Å². The molecule has 39 heavy (non-hydrogen) atoms. The number of carbonyl (C=O) groups excluding carboxylic acids is 1. The second-order valence-corrected chi connectivity index (χ2v) is 12.9. The SMILES string of the molecule is C=C[C@@H]1[C@H]2CCC[C@@]2(C)[C@@H](OC(=O)c2ccc(Br)cc2)C[C@@]1(C)[C@H](CCC(=C)C)OCOCc1ccccc1. The zero-order valence-electron chi connectivity index (χ0n) is 23.7. The van der Waals surface area contributed by atoms with Crippen molar-refractivity contribution in [2.75, 3.05) is 6.79 Å². The summed E-state index contributed by atoms with van der Waals surface area (Å²) in [6.45, 7) is 15.9. The fraction of sp³-hybridized carbons (Fsp3) is 0.500. The Balaban J connectivity index is 1.57. The second kappa shape index (κ2) is 13.0. The van der Waals surface area contributed by atoms with E-state index in [9.17, 15) is 4.79 Å². The summed E-state index contributed by atoms with van der Waals surface area (Å²) in [5.74, 6) is 0.360. The minimum atomic E-state index is -0.271. The van der Waals surface area contributed by atoms with Gasteiger partial charge in [0.05, 0.1) is 18.3 Å². The third kappa shape index (κ3) is 6.75. The monoisotopic (exact) mass is 594 g/mol. The topological polar surface area (TPSA) is 44.8 Å². The van der Waals surface area contributed by atoms with Gasteiger partial charge in [0.15, 0.2) is 0 Å². The van der Waals surface area contributed by atoms with E-state index in [0.29, 0.717) is 18.1 Å². The van der Waals surface area contributed by atoms with Gasteiger partial charge in [-0.2, -0.15) is 0 Å². The molecular formula is C34H43BrO4. The standard InChI is InChI=1S/C34H43BrO4/c1-6-28-29-13-10-20-33(29,4)31(39-32(36)26-15-17-27(35)18-16-26)21-34(28,5)30(19-14-24(2)3)38-23-37-22-25-11-8-7-9-12-25/h6-9,11-12,15-18,28-31H,1-2,10,13-14,19-23H2,3-5H3/t28-,29-,30+,31+,33-,34-/m1/s1. The lowest BCUT2D eigenvalue weighted by Crippen LogP contribution is -2.57. The lowest BCUT2D eigenvalue weighted by Gasteiger charge is -2.57. The van der Waals surface area contributed by atoms with Crippen LogP contribution in [0.4, 0.5) is 0 Å². The highest BCUT2D eigenvalue weighted by Crippen LogP contribution is 2.62. The van der Waals surface area contributed by atoms with Crippen LogP contribution in [0.15, 0.2) is 83.9 Å². The Morgan fingerprint density at radius 2 is 1.87 bits per heavy atom. The maximum Gasteiger partial charge on any atom is 0.338 e. The van der Waals surface area contributed by atoms with Crippen molar-refractivity contribution in [1.29, 1.82) is 0 Å². The lowest BCUT2D eigenvalue weighted by molar-refractivity contribution is -0.188. The fourth-order valence-corrected chi connectivity index (χ4v) is 7.28. The third-order valence-corrected chi connectivity index (χ3v) is 9.78. The van der Waals surface area contributed by atoms with Crippen LogP contribution < -0.4 is 0 Å². The number of carbonyl (C=O) groups is 1. The lowest BCUT2D eigenvalue weighted by atomic mass is 9.51. The molecule has 2 aliphatic carbocycles. The molecule has 0 radical (unpaired) electrons. The molecule has 0 N–H and O–H groups in total. The molecule has 0 amide bonds. The molecule has 2 aliphatic rings. The first kappa shape index (κ1) is 29.8. The number of rotatable bonds is 12. The van der Waals surface area contributed by atoms with E-state index >= 15 is 0 Å². The summed E-state index contributed by atoms with van der Waals surface area (Å²) in [6.07, 6.45) is 7.55. The summed E-state index contributed by atoms with van der Waals surface area (Å²) in [7, 11) is 0. The fourth-order valence-electron chi connectivity index (χ4n) is 7.02. The molecule has 0 aliphatic heterocycles. The third-order valence-electron chi connectivity index (χ3n) is 9.25.